The summed E-state index contributed by atoms with van der Waals surface area (Å²) in [5.74, 6) is 1.57. The first-order valence-corrected chi connectivity index (χ1v) is 7.55. The Morgan fingerprint density at radius 2 is 1.95 bits per heavy atom. The van der Waals surface area contributed by atoms with E-state index >= 15 is 0 Å². The molecule has 2 heterocycles. The van der Waals surface area contributed by atoms with Crippen LogP contribution < -0.4 is 15.2 Å². The van der Waals surface area contributed by atoms with Crippen LogP contribution in [-0.4, -0.2) is 51.0 Å². The van der Waals surface area contributed by atoms with Crippen molar-refractivity contribution >= 4 is 0 Å². The van der Waals surface area contributed by atoms with E-state index in [1.807, 2.05) is 18.2 Å². The Morgan fingerprint density at radius 3 is 2.57 bits per heavy atom. The number of fused-ring (bicyclic) bond motifs is 2. The number of hydrogen-bond donors (Lipinski definition) is 1. The van der Waals surface area contributed by atoms with Gasteiger partial charge in [-0.25, -0.2) is 0 Å². The lowest BCUT2D eigenvalue weighted by molar-refractivity contribution is -0.0397. The van der Waals surface area contributed by atoms with Gasteiger partial charge in [-0.3, -0.25) is 4.90 Å². The maximum Gasteiger partial charge on any atom is 0.127 e. The molecule has 116 valence electrons. The van der Waals surface area contributed by atoms with Crippen LogP contribution in [0.3, 0.4) is 0 Å². The predicted octanol–water partition coefficient (Wildman–Crippen LogP) is 1.57. The summed E-state index contributed by atoms with van der Waals surface area (Å²) in [5.41, 5.74) is 7.43. The predicted molar refractivity (Wildman–Crippen MR) is 80.8 cm³/mol. The zero-order chi connectivity index (χ0) is 14.8. The van der Waals surface area contributed by atoms with E-state index in [0.29, 0.717) is 12.2 Å². The van der Waals surface area contributed by atoms with Crippen LogP contribution in [0.4, 0.5) is 0 Å². The third kappa shape index (κ3) is 3.15. The number of ether oxygens (including phenoxy) is 3. The molecule has 0 spiro atoms. The molecule has 21 heavy (non-hydrogen) atoms. The van der Waals surface area contributed by atoms with Crippen molar-refractivity contribution in [2.75, 3.05) is 33.9 Å². The highest BCUT2D eigenvalue weighted by Crippen LogP contribution is 2.31. The molecule has 0 aliphatic carbocycles. The van der Waals surface area contributed by atoms with E-state index in [1.165, 1.54) is 12.8 Å². The van der Waals surface area contributed by atoms with Gasteiger partial charge < -0.3 is 19.9 Å². The summed E-state index contributed by atoms with van der Waals surface area (Å²) in [6.45, 7) is 2.81. The van der Waals surface area contributed by atoms with Gasteiger partial charge in [0.05, 0.1) is 26.4 Å². The maximum atomic E-state index is 6.40. The van der Waals surface area contributed by atoms with Crippen molar-refractivity contribution < 1.29 is 14.2 Å². The lowest BCUT2D eigenvalue weighted by Crippen LogP contribution is -2.45. The second kappa shape index (κ2) is 6.22. The Labute approximate surface area is 126 Å². The van der Waals surface area contributed by atoms with Gasteiger partial charge in [-0.2, -0.15) is 0 Å². The van der Waals surface area contributed by atoms with Crippen LogP contribution in [0.1, 0.15) is 24.4 Å². The molecule has 1 aromatic rings. The molecule has 2 saturated heterocycles. The first-order valence-electron chi connectivity index (χ1n) is 7.55. The molecule has 0 radical (unpaired) electrons. The van der Waals surface area contributed by atoms with E-state index < -0.39 is 0 Å². The fourth-order valence-corrected chi connectivity index (χ4v) is 3.35. The number of hydrogen-bond acceptors (Lipinski definition) is 5. The first kappa shape index (κ1) is 14.6. The number of likely N-dealkylation sites (tertiary alicyclic amines) is 1. The molecule has 5 nitrogen and oxygen atoms in total. The fraction of sp³-hybridized carbons (Fsp3) is 0.625. The van der Waals surface area contributed by atoms with Crippen LogP contribution >= 0.6 is 0 Å². The largest absolute Gasteiger partial charge is 0.497 e. The molecule has 5 heteroatoms. The summed E-state index contributed by atoms with van der Waals surface area (Å²) in [6, 6.07) is 5.75. The SMILES string of the molecule is COc1ccc(C(N)CN2CC3CCC(C2)O3)c(OC)c1. The Bertz CT molecular complexity index is 482. The molecule has 0 aromatic heterocycles. The maximum absolute atomic E-state index is 6.40. The quantitative estimate of drug-likeness (QED) is 0.892. The van der Waals surface area contributed by atoms with Crippen LogP contribution in [0.5, 0.6) is 11.5 Å². The molecular weight excluding hydrogens is 268 g/mol. The number of benzene rings is 1. The Morgan fingerprint density at radius 1 is 1.24 bits per heavy atom. The molecule has 3 rings (SSSR count). The van der Waals surface area contributed by atoms with Crippen LogP contribution in [0, 0.1) is 0 Å². The number of methoxy groups -OCH3 is 2. The molecule has 0 amide bonds. The van der Waals surface area contributed by atoms with Crippen molar-refractivity contribution in [2.24, 2.45) is 5.73 Å². The molecule has 3 unspecified atom stereocenters. The van der Waals surface area contributed by atoms with Crippen LogP contribution in [0.25, 0.3) is 0 Å². The van der Waals surface area contributed by atoms with Gasteiger partial charge in [-0.15, -0.1) is 0 Å². The van der Waals surface area contributed by atoms with Gasteiger partial charge in [0.25, 0.3) is 0 Å². The molecule has 2 bridgehead atoms. The van der Waals surface area contributed by atoms with Crippen molar-refractivity contribution in [3.8, 4) is 11.5 Å². The van der Waals surface area contributed by atoms with E-state index in [0.717, 1.165) is 36.7 Å². The number of nitrogens with two attached hydrogens (primary N) is 1. The van der Waals surface area contributed by atoms with E-state index in [1.54, 1.807) is 14.2 Å². The summed E-state index contributed by atoms with van der Waals surface area (Å²) in [4.78, 5) is 2.42. The minimum absolute atomic E-state index is 0.0663. The second-order valence-corrected chi connectivity index (χ2v) is 5.89. The average molecular weight is 292 g/mol. The van der Waals surface area contributed by atoms with Crippen LogP contribution in [-0.2, 0) is 4.74 Å². The fourth-order valence-electron chi connectivity index (χ4n) is 3.35. The Kier molecular flexibility index (Phi) is 4.33. The van der Waals surface area contributed by atoms with Crippen molar-refractivity contribution in [3.05, 3.63) is 23.8 Å². The standard InChI is InChI=1S/C16H24N2O3/c1-19-11-5-6-14(16(7-11)20-2)15(17)10-18-8-12-3-4-13(9-18)21-12/h5-7,12-13,15H,3-4,8-10,17H2,1-2H3. The normalized spacial score (nSPS) is 26.6. The summed E-state index contributed by atoms with van der Waals surface area (Å²) in [7, 11) is 3.32. The molecule has 1 aromatic carbocycles. The smallest absolute Gasteiger partial charge is 0.127 e. The molecular formula is C16H24N2O3. The summed E-state index contributed by atoms with van der Waals surface area (Å²) in [5, 5.41) is 0. The Hall–Kier alpha value is -1.30. The van der Waals surface area contributed by atoms with E-state index in [2.05, 4.69) is 4.90 Å². The molecule has 2 aliphatic heterocycles. The monoisotopic (exact) mass is 292 g/mol. The third-order valence-corrected chi connectivity index (χ3v) is 4.41. The molecule has 2 fully saturated rings. The van der Waals surface area contributed by atoms with Crippen LogP contribution in [0.2, 0.25) is 0 Å². The van der Waals surface area contributed by atoms with Gasteiger partial charge in [-0.05, 0) is 18.9 Å². The van der Waals surface area contributed by atoms with Gasteiger partial charge in [-0.1, -0.05) is 6.07 Å². The van der Waals surface area contributed by atoms with Crippen molar-refractivity contribution in [3.63, 3.8) is 0 Å². The van der Waals surface area contributed by atoms with Gasteiger partial charge in [0, 0.05) is 37.3 Å². The lowest BCUT2D eigenvalue weighted by atomic mass is 10.0. The highest BCUT2D eigenvalue weighted by molar-refractivity contribution is 5.42. The third-order valence-electron chi connectivity index (χ3n) is 4.41. The molecule has 2 N–H and O–H groups in total. The Balaban J connectivity index is 1.68. The summed E-state index contributed by atoms with van der Waals surface area (Å²) >= 11 is 0. The number of rotatable bonds is 5. The minimum atomic E-state index is -0.0663. The van der Waals surface area contributed by atoms with Gasteiger partial charge in [0.2, 0.25) is 0 Å². The summed E-state index contributed by atoms with van der Waals surface area (Å²) in [6.07, 6.45) is 3.16. The molecule has 3 atom stereocenters. The zero-order valence-corrected chi connectivity index (χ0v) is 12.7. The number of nitrogens with zero attached hydrogens (tertiary/aromatic N) is 1. The summed E-state index contributed by atoms with van der Waals surface area (Å²) < 4.78 is 16.5. The highest BCUT2D eigenvalue weighted by Gasteiger charge is 2.34. The van der Waals surface area contributed by atoms with E-state index in [-0.39, 0.29) is 6.04 Å². The van der Waals surface area contributed by atoms with E-state index in [4.69, 9.17) is 19.9 Å². The topological polar surface area (TPSA) is 57.0 Å². The van der Waals surface area contributed by atoms with Gasteiger partial charge in [0.1, 0.15) is 11.5 Å². The lowest BCUT2D eigenvalue weighted by Gasteiger charge is -2.34. The zero-order valence-electron chi connectivity index (χ0n) is 12.7. The number of morpholine rings is 1. The van der Waals surface area contributed by atoms with Crippen LogP contribution in [0.15, 0.2) is 18.2 Å². The average Bonchev–Trinajstić information content (AvgIpc) is 2.85. The van der Waals surface area contributed by atoms with Crippen molar-refractivity contribution in [2.45, 2.75) is 31.1 Å². The highest BCUT2D eigenvalue weighted by atomic mass is 16.5. The van der Waals surface area contributed by atoms with Crippen molar-refractivity contribution in [1.29, 1.82) is 0 Å². The van der Waals surface area contributed by atoms with E-state index in [9.17, 15) is 0 Å². The van der Waals surface area contributed by atoms with Gasteiger partial charge in [0.15, 0.2) is 0 Å². The van der Waals surface area contributed by atoms with Crippen molar-refractivity contribution in [1.82, 2.24) is 4.90 Å². The second-order valence-electron chi connectivity index (χ2n) is 5.89. The minimum Gasteiger partial charge on any atom is -0.497 e. The first-order chi connectivity index (χ1) is 10.2. The molecule has 0 saturated carbocycles. The van der Waals surface area contributed by atoms with Gasteiger partial charge >= 0.3 is 0 Å². The molecule has 2 aliphatic rings.